The summed E-state index contributed by atoms with van der Waals surface area (Å²) in [5, 5.41) is 6.90. The van der Waals surface area contributed by atoms with Gasteiger partial charge in [-0.25, -0.2) is 4.68 Å². The number of nitrogens with one attached hydrogen (secondary N) is 1. The molecule has 1 amide bonds. The lowest BCUT2D eigenvalue weighted by molar-refractivity contribution is -0.122. The highest BCUT2D eigenvalue weighted by molar-refractivity contribution is 5.75. The zero-order valence-corrected chi connectivity index (χ0v) is 13.7. The molecule has 1 saturated heterocycles. The maximum absolute atomic E-state index is 11.7. The third-order valence-corrected chi connectivity index (χ3v) is 3.78. The molecule has 23 heavy (non-hydrogen) atoms. The van der Waals surface area contributed by atoms with E-state index in [2.05, 4.69) is 15.3 Å². The Hall–Kier alpha value is -1.93. The van der Waals surface area contributed by atoms with Gasteiger partial charge >= 0.3 is 0 Å². The lowest BCUT2D eigenvalue weighted by atomic mass is 10.2. The molecule has 1 aliphatic heterocycles. The number of rotatable bonds is 7. The summed E-state index contributed by atoms with van der Waals surface area (Å²) in [5.41, 5.74) is 0.682. The molecule has 8 nitrogen and oxygen atoms in total. The van der Waals surface area contributed by atoms with E-state index in [9.17, 15) is 9.59 Å². The van der Waals surface area contributed by atoms with Crippen LogP contribution in [0.15, 0.2) is 17.1 Å². The Balaban J connectivity index is 1.80. The number of anilines is 1. The fourth-order valence-corrected chi connectivity index (χ4v) is 2.42. The average molecular weight is 324 g/mol. The molecule has 0 saturated carbocycles. The molecule has 1 fully saturated rings. The number of aryl methyl sites for hydroxylation is 1. The van der Waals surface area contributed by atoms with Gasteiger partial charge in [-0.2, -0.15) is 5.10 Å². The van der Waals surface area contributed by atoms with Crippen molar-refractivity contribution in [2.24, 2.45) is 7.05 Å². The van der Waals surface area contributed by atoms with E-state index in [1.165, 1.54) is 4.68 Å². The van der Waals surface area contributed by atoms with Gasteiger partial charge in [0.1, 0.15) is 0 Å². The number of aromatic nitrogens is 2. The summed E-state index contributed by atoms with van der Waals surface area (Å²) in [7, 11) is 3.20. The van der Waals surface area contributed by atoms with Crippen molar-refractivity contribution >= 4 is 11.6 Å². The second-order valence-electron chi connectivity index (χ2n) is 5.50. The monoisotopic (exact) mass is 324 g/mol. The minimum absolute atomic E-state index is 0.0183. The van der Waals surface area contributed by atoms with Gasteiger partial charge in [-0.15, -0.1) is 0 Å². The Morgan fingerprint density at radius 1 is 1.57 bits per heavy atom. The second kappa shape index (κ2) is 8.64. The van der Waals surface area contributed by atoms with Crippen LogP contribution >= 0.6 is 0 Å². The molecule has 1 aromatic rings. The molecule has 128 valence electrons. The fourth-order valence-electron chi connectivity index (χ4n) is 2.42. The van der Waals surface area contributed by atoms with E-state index in [-0.39, 0.29) is 17.6 Å². The van der Waals surface area contributed by atoms with Crippen molar-refractivity contribution in [3.05, 3.63) is 22.6 Å². The summed E-state index contributed by atoms with van der Waals surface area (Å²) in [6.45, 7) is 3.00. The van der Waals surface area contributed by atoms with E-state index in [1.807, 2.05) is 0 Å². The van der Waals surface area contributed by atoms with E-state index < -0.39 is 0 Å². The smallest absolute Gasteiger partial charge is 0.268 e. The molecule has 0 aliphatic carbocycles. The van der Waals surface area contributed by atoms with Crippen molar-refractivity contribution in [3.8, 4) is 0 Å². The molecular formula is C15H24N4O4. The molecule has 1 aliphatic rings. The van der Waals surface area contributed by atoms with Crippen LogP contribution in [0.5, 0.6) is 0 Å². The minimum Gasteiger partial charge on any atom is -0.384 e. The van der Waals surface area contributed by atoms with Crippen molar-refractivity contribution < 1.29 is 14.3 Å². The maximum Gasteiger partial charge on any atom is 0.268 e. The molecule has 8 heteroatoms. The average Bonchev–Trinajstić information content (AvgIpc) is 2.56. The highest BCUT2D eigenvalue weighted by Gasteiger charge is 2.21. The van der Waals surface area contributed by atoms with Gasteiger partial charge in [-0.05, 0) is 6.42 Å². The van der Waals surface area contributed by atoms with E-state index >= 15 is 0 Å². The van der Waals surface area contributed by atoms with Crippen LogP contribution < -0.4 is 15.8 Å². The molecule has 2 heterocycles. The zero-order valence-electron chi connectivity index (χ0n) is 13.7. The highest BCUT2D eigenvalue weighted by atomic mass is 16.5. The second-order valence-corrected chi connectivity index (χ2v) is 5.50. The van der Waals surface area contributed by atoms with Crippen molar-refractivity contribution in [2.45, 2.75) is 18.9 Å². The van der Waals surface area contributed by atoms with Crippen LogP contribution in [0.4, 0.5) is 5.69 Å². The van der Waals surface area contributed by atoms with Crippen molar-refractivity contribution in [2.75, 3.05) is 44.9 Å². The summed E-state index contributed by atoms with van der Waals surface area (Å²) < 4.78 is 11.9. The Bertz CT molecular complexity index is 575. The quantitative estimate of drug-likeness (QED) is 0.730. The van der Waals surface area contributed by atoms with Crippen LogP contribution in [0.3, 0.4) is 0 Å². The molecule has 1 N–H and O–H groups in total. The van der Waals surface area contributed by atoms with Crippen LogP contribution in [0.1, 0.15) is 12.8 Å². The van der Waals surface area contributed by atoms with Crippen molar-refractivity contribution in [1.82, 2.24) is 15.1 Å². The third-order valence-electron chi connectivity index (χ3n) is 3.78. The number of carbonyl (C=O) groups is 1. The van der Waals surface area contributed by atoms with Crippen LogP contribution in [0, 0.1) is 0 Å². The molecule has 0 radical (unpaired) electrons. The minimum atomic E-state index is -0.129. The normalized spacial score (nSPS) is 18.0. The Morgan fingerprint density at radius 2 is 2.39 bits per heavy atom. The first kappa shape index (κ1) is 17.4. The van der Waals surface area contributed by atoms with Gasteiger partial charge < -0.3 is 19.7 Å². The summed E-state index contributed by atoms with van der Waals surface area (Å²) in [4.78, 5) is 25.3. The van der Waals surface area contributed by atoms with Crippen LogP contribution in [-0.4, -0.2) is 61.7 Å². The summed E-state index contributed by atoms with van der Waals surface area (Å²) in [5.74, 6) is -0.0183. The molecule has 0 spiro atoms. The molecule has 0 bridgehead atoms. The van der Waals surface area contributed by atoms with Crippen LogP contribution in [-0.2, 0) is 21.3 Å². The highest BCUT2D eigenvalue weighted by Crippen LogP contribution is 2.16. The molecule has 0 unspecified atom stereocenters. The molecule has 1 atom stereocenters. The zero-order chi connectivity index (χ0) is 16.7. The SMILES string of the molecule is COCCC(=O)NCC[C@@H]1CN(c2cnn(C)c(=O)c2)CCO1. The number of methoxy groups -OCH3 is 1. The third kappa shape index (κ3) is 5.33. The van der Waals surface area contributed by atoms with E-state index in [0.717, 1.165) is 18.7 Å². The van der Waals surface area contributed by atoms with E-state index in [0.29, 0.717) is 32.7 Å². The van der Waals surface area contributed by atoms with Gasteiger partial charge in [0.2, 0.25) is 5.91 Å². The van der Waals surface area contributed by atoms with E-state index in [1.54, 1.807) is 26.4 Å². The van der Waals surface area contributed by atoms with Crippen LogP contribution in [0.2, 0.25) is 0 Å². The fraction of sp³-hybridized carbons (Fsp3) is 0.667. The number of amides is 1. The van der Waals surface area contributed by atoms with Gasteiger partial charge in [-0.3, -0.25) is 9.59 Å². The lowest BCUT2D eigenvalue weighted by Gasteiger charge is -2.34. The predicted molar refractivity (Wildman–Crippen MR) is 85.6 cm³/mol. The van der Waals surface area contributed by atoms with Gasteiger partial charge in [-0.1, -0.05) is 0 Å². The summed E-state index contributed by atoms with van der Waals surface area (Å²) >= 11 is 0. The molecular weight excluding hydrogens is 300 g/mol. The predicted octanol–water partition coefficient (Wildman–Crippen LogP) is -0.472. The van der Waals surface area contributed by atoms with Gasteiger partial charge in [0.15, 0.2) is 0 Å². The Morgan fingerprint density at radius 3 is 3.13 bits per heavy atom. The number of ether oxygens (including phenoxy) is 2. The molecule has 1 aromatic heterocycles. The van der Waals surface area contributed by atoms with Gasteiger partial charge in [0.25, 0.3) is 5.56 Å². The summed E-state index contributed by atoms with van der Waals surface area (Å²) in [6.07, 6.45) is 2.81. The topological polar surface area (TPSA) is 85.7 Å². The number of hydrogen-bond acceptors (Lipinski definition) is 6. The number of hydrogen-bond donors (Lipinski definition) is 1. The lowest BCUT2D eigenvalue weighted by Crippen LogP contribution is -2.44. The number of carbonyl (C=O) groups excluding carboxylic acids is 1. The summed E-state index contributed by atoms with van der Waals surface area (Å²) in [6, 6.07) is 1.59. The number of nitrogens with zero attached hydrogens (tertiary/aromatic N) is 3. The largest absolute Gasteiger partial charge is 0.384 e. The molecule has 2 rings (SSSR count). The van der Waals surface area contributed by atoms with Gasteiger partial charge in [0, 0.05) is 46.3 Å². The van der Waals surface area contributed by atoms with Crippen molar-refractivity contribution in [3.63, 3.8) is 0 Å². The Kier molecular flexibility index (Phi) is 6.54. The standard InChI is InChI=1S/C15H24N4O4/c1-18-15(21)9-12(10-17-18)19-6-8-23-13(11-19)3-5-16-14(20)4-7-22-2/h9-10,13H,3-8,11H2,1-2H3,(H,16,20)/t13-/m1/s1. The first-order valence-corrected chi connectivity index (χ1v) is 7.75. The van der Waals surface area contributed by atoms with Crippen LogP contribution in [0.25, 0.3) is 0 Å². The van der Waals surface area contributed by atoms with Gasteiger partial charge in [0.05, 0.1) is 31.2 Å². The number of morpholine rings is 1. The first-order chi connectivity index (χ1) is 11.1. The molecule has 0 aromatic carbocycles. The van der Waals surface area contributed by atoms with E-state index in [4.69, 9.17) is 9.47 Å². The van der Waals surface area contributed by atoms with Crippen molar-refractivity contribution in [1.29, 1.82) is 0 Å². The maximum atomic E-state index is 11.7. The Labute approximate surface area is 135 Å². The first-order valence-electron chi connectivity index (χ1n) is 7.75.